The predicted octanol–water partition coefficient (Wildman–Crippen LogP) is 2.45. The lowest BCUT2D eigenvalue weighted by Gasteiger charge is -2.25. The molecule has 1 atom stereocenters. The second-order valence-corrected chi connectivity index (χ2v) is 4.83. The molecule has 0 amide bonds. The van der Waals surface area contributed by atoms with E-state index in [2.05, 4.69) is 11.8 Å². The van der Waals surface area contributed by atoms with Crippen LogP contribution in [0.25, 0.3) is 0 Å². The molecule has 1 fully saturated rings. The number of hydrogen-bond acceptors (Lipinski definition) is 3. The number of aliphatic hydroxyl groups is 1. The Morgan fingerprint density at radius 3 is 3.06 bits per heavy atom. The van der Waals surface area contributed by atoms with E-state index >= 15 is 0 Å². The van der Waals surface area contributed by atoms with E-state index in [4.69, 9.17) is 21.4 Å². The number of nitrogens with zero attached hydrogens (tertiary/aromatic N) is 1. The van der Waals surface area contributed by atoms with E-state index in [0.717, 1.165) is 37.4 Å². The Morgan fingerprint density at radius 2 is 2.35 bits per heavy atom. The van der Waals surface area contributed by atoms with Crippen LogP contribution >= 0.6 is 11.6 Å². The summed E-state index contributed by atoms with van der Waals surface area (Å²) in [4.78, 5) is 2.25. The van der Waals surface area contributed by atoms with E-state index < -0.39 is 0 Å². The standard InChI is InChI=1S/C13H18ClNO2/c1-10-8-15(5-2-6-17-10)13-4-3-11(9-16)7-12(13)14/h3-4,7,10,16H,2,5-6,8-9H2,1H3. The Kier molecular flexibility index (Phi) is 4.26. The molecule has 17 heavy (non-hydrogen) atoms. The topological polar surface area (TPSA) is 32.7 Å². The van der Waals surface area contributed by atoms with E-state index in [1.165, 1.54) is 0 Å². The summed E-state index contributed by atoms with van der Waals surface area (Å²) in [7, 11) is 0. The molecule has 1 N–H and O–H groups in total. The second kappa shape index (κ2) is 5.71. The van der Waals surface area contributed by atoms with E-state index in [9.17, 15) is 0 Å². The highest BCUT2D eigenvalue weighted by atomic mass is 35.5. The summed E-state index contributed by atoms with van der Waals surface area (Å²) < 4.78 is 5.61. The van der Waals surface area contributed by atoms with Crippen molar-refractivity contribution in [3.05, 3.63) is 28.8 Å². The molecule has 0 radical (unpaired) electrons. The van der Waals surface area contributed by atoms with Crippen molar-refractivity contribution in [1.29, 1.82) is 0 Å². The van der Waals surface area contributed by atoms with Crippen molar-refractivity contribution in [3.8, 4) is 0 Å². The summed E-state index contributed by atoms with van der Waals surface area (Å²) in [6, 6.07) is 5.72. The van der Waals surface area contributed by atoms with Crippen LogP contribution in [0.5, 0.6) is 0 Å². The van der Waals surface area contributed by atoms with Crippen LogP contribution in [0.2, 0.25) is 5.02 Å². The molecule has 0 spiro atoms. The monoisotopic (exact) mass is 255 g/mol. The van der Waals surface area contributed by atoms with Gasteiger partial charge in [-0.2, -0.15) is 0 Å². The molecule has 94 valence electrons. The van der Waals surface area contributed by atoms with Gasteiger partial charge in [-0.3, -0.25) is 0 Å². The largest absolute Gasteiger partial charge is 0.392 e. The van der Waals surface area contributed by atoms with Gasteiger partial charge in [-0.25, -0.2) is 0 Å². The first-order valence-corrected chi connectivity index (χ1v) is 6.34. The Labute approximate surface area is 107 Å². The van der Waals surface area contributed by atoms with Gasteiger partial charge in [0.1, 0.15) is 0 Å². The molecule has 1 saturated heterocycles. The van der Waals surface area contributed by atoms with Gasteiger partial charge >= 0.3 is 0 Å². The average molecular weight is 256 g/mol. The van der Waals surface area contributed by atoms with E-state index in [0.29, 0.717) is 5.02 Å². The summed E-state index contributed by atoms with van der Waals surface area (Å²) >= 11 is 6.25. The van der Waals surface area contributed by atoms with Crippen LogP contribution in [0.1, 0.15) is 18.9 Å². The minimum Gasteiger partial charge on any atom is -0.392 e. The summed E-state index contributed by atoms with van der Waals surface area (Å²) in [6.07, 6.45) is 1.24. The van der Waals surface area contributed by atoms with E-state index in [1.807, 2.05) is 18.2 Å². The molecule has 0 aliphatic carbocycles. The average Bonchev–Trinajstić information content (AvgIpc) is 2.53. The first kappa shape index (κ1) is 12.7. The fraction of sp³-hybridized carbons (Fsp3) is 0.538. The van der Waals surface area contributed by atoms with Crippen LogP contribution in [0.15, 0.2) is 18.2 Å². The minimum atomic E-state index is 0.0273. The Hall–Kier alpha value is -0.770. The molecule has 0 saturated carbocycles. The van der Waals surface area contributed by atoms with Crippen LogP contribution in [0.3, 0.4) is 0 Å². The highest BCUT2D eigenvalue weighted by Gasteiger charge is 2.17. The van der Waals surface area contributed by atoms with E-state index in [-0.39, 0.29) is 12.7 Å². The minimum absolute atomic E-state index is 0.0273. The molecule has 0 bridgehead atoms. The zero-order chi connectivity index (χ0) is 12.3. The van der Waals surface area contributed by atoms with Gasteiger partial charge in [0.05, 0.1) is 23.4 Å². The van der Waals surface area contributed by atoms with Crippen molar-refractivity contribution < 1.29 is 9.84 Å². The maximum atomic E-state index is 9.06. The Morgan fingerprint density at radius 1 is 1.53 bits per heavy atom. The maximum Gasteiger partial charge on any atom is 0.0721 e. The summed E-state index contributed by atoms with van der Waals surface area (Å²) in [5.41, 5.74) is 1.87. The lowest BCUT2D eigenvalue weighted by molar-refractivity contribution is 0.0821. The zero-order valence-electron chi connectivity index (χ0n) is 10.0. The van der Waals surface area contributed by atoms with Crippen LogP contribution in [0.4, 0.5) is 5.69 Å². The van der Waals surface area contributed by atoms with Gasteiger partial charge in [-0.1, -0.05) is 17.7 Å². The quantitative estimate of drug-likeness (QED) is 0.881. The van der Waals surface area contributed by atoms with Gasteiger partial charge in [-0.15, -0.1) is 0 Å². The molecule has 1 aromatic rings. The number of aliphatic hydroxyl groups excluding tert-OH is 1. The third-order valence-corrected chi connectivity index (χ3v) is 3.29. The number of anilines is 1. The molecule has 1 unspecified atom stereocenters. The SMILES string of the molecule is CC1CN(c2ccc(CO)cc2Cl)CCCO1. The molecule has 4 heteroatoms. The number of rotatable bonds is 2. The van der Waals surface area contributed by atoms with Crippen LogP contribution in [0, 0.1) is 0 Å². The molecule has 1 aliphatic heterocycles. The van der Waals surface area contributed by atoms with Gasteiger partial charge in [-0.05, 0) is 31.0 Å². The number of halogens is 1. The lowest BCUT2D eigenvalue weighted by Crippen LogP contribution is -2.30. The van der Waals surface area contributed by atoms with Crippen molar-refractivity contribution in [2.75, 3.05) is 24.6 Å². The van der Waals surface area contributed by atoms with Gasteiger partial charge in [0.15, 0.2) is 0 Å². The molecule has 3 nitrogen and oxygen atoms in total. The van der Waals surface area contributed by atoms with Crippen molar-refractivity contribution in [3.63, 3.8) is 0 Å². The fourth-order valence-electron chi connectivity index (χ4n) is 2.12. The Bertz CT molecular complexity index is 384. The maximum absolute atomic E-state index is 9.06. The molecular weight excluding hydrogens is 238 g/mol. The first-order valence-electron chi connectivity index (χ1n) is 5.96. The first-order chi connectivity index (χ1) is 8.20. The molecule has 1 aliphatic rings. The molecule has 1 heterocycles. The van der Waals surface area contributed by atoms with Crippen molar-refractivity contribution in [2.24, 2.45) is 0 Å². The summed E-state index contributed by atoms with van der Waals surface area (Å²) in [5, 5.41) is 9.76. The predicted molar refractivity (Wildman–Crippen MR) is 69.6 cm³/mol. The third kappa shape index (κ3) is 3.12. The van der Waals surface area contributed by atoms with Crippen molar-refractivity contribution in [1.82, 2.24) is 0 Å². The van der Waals surface area contributed by atoms with Crippen LogP contribution in [-0.2, 0) is 11.3 Å². The van der Waals surface area contributed by atoms with Gasteiger partial charge in [0.25, 0.3) is 0 Å². The van der Waals surface area contributed by atoms with Crippen LogP contribution < -0.4 is 4.90 Å². The smallest absolute Gasteiger partial charge is 0.0721 e. The van der Waals surface area contributed by atoms with Gasteiger partial charge in [0, 0.05) is 19.7 Å². The Balaban J connectivity index is 2.20. The fourth-order valence-corrected chi connectivity index (χ4v) is 2.44. The molecule has 2 rings (SSSR count). The third-order valence-electron chi connectivity index (χ3n) is 2.99. The molecule has 1 aromatic carbocycles. The zero-order valence-corrected chi connectivity index (χ0v) is 10.8. The number of benzene rings is 1. The number of hydrogen-bond donors (Lipinski definition) is 1. The molecule has 0 aromatic heterocycles. The molecular formula is C13H18ClNO2. The van der Waals surface area contributed by atoms with Gasteiger partial charge in [0.2, 0.25) is 0 Å². The van der Waals surface area contributed by atoms with Crippen LogP contribution in [-0.4, -0.2) is 30.9 Å². The summed E-state index contributed by atoms with van der Waals surface area (Å²) in [5.74, 6) is 0. The highest BCUT2D eigenvalue weighted by Crippen LogP contribution is 2.28. The normalized spacial score (nSPS) is 21.4. The summed E-state index contributed by atoms with van der Waals surface area (Å²) in [6.45, 7) is 4.73. The highest BCUT2D eigenvalue weighted by molar-refractivity contribution is 6.33. The number of ether oxygens (including phenoxy) is 1. The second-order valence-electron chi connectivity index (χ2n) is 4.42. The van der Waals surface area contributed by atoms with Crippen molar-refractivity contribution in [2.45, 2.75) is 26.1 Å². The van der Waals surface area contributed by atoms with E-state index in [1.54, 1.807) is 0 Å². The van der Waals surface area contributed by atoms with Gasteiger partial charge < -0.3 is 14.7 Å². The lowest BCUT2D eigenvalue weighted by atomic mass is 10.2. The van der Waals surface area contributed by atoms with Crippen molar-refractivity contribution >= 4 is 17.3 Å².